The molecule has 1 amide bonds. The Morgan fingerprint density at radius 1 is 0.793 bits per heavy atom. The number of unbranched alkanes of at least 4 members (excludes halogenated alkanes) is 13. The summed E-state index contributed by atoms with van der Waals surface area (Å²) in [5.41, 5.74) is 5.48. The van der Waals surface area contributed by atoms with Gasteiger partial charge in [0.2, 0.25) is 5.91 Å². The Labute approximate surface area is 185 Å². The van der Waals surface area contributed by atoms with Crippen molar-refractivity contribution in [2.24, 2.45) is 5.73 Å². The molecule has 0 aromatic rings. The van der Waals surface area contributed by atoms with Gasteiger partial charge < -0.3 is 15.8 Å². The van der Waals surface area contributed by atoms with Crippen LogP contribution in [0.5, 0.6) is 0 Å². The number of hydrogen-bond donors (Lipinski definition) is 2. The van der Waals surface area contributed by atoms with Crippen LogP contribution < -0.4 is 11.1 Å². The van der Waals surface area contributed by atoms with Crippen LogP contribution in [0.2, 0.25) is 0 Å². The molecule has 5 nitrogen and oxygen atoms in total. The number of nitrogens with one attached hydrogen (secondary N) is 1. The first-order valence-electron chi connectivity index (χ1n) is 11.7. The molecular weight excluding hydrogens is 388 g/mol. The zero-order valence-electron chi connectivity index (χ0n) is 19.0. The number of ether oxygens (including phenoxy) is 1. The fourth-order valence-electron chi connectivity index (χ4n) is 3.45. The van der Waals surface area contributed by atoms with Crippen LogP contribution in [-0.2, 0) is 14.3 Å². The third-order valence-electron chi connectivity index (χ3n) is 5.28. The molecule has 0 saturated carbocycles. The monoisotopic (exact) mass is 434 g/mol. The van der Waals surface area contributed by atoms with Gasteiger partial charge in [0, 0.05) is 6.42 Å². The molecule has 29 heavy (non-hydrogen) atoms. The Morgan fingerprint density at radius 3 is 1.72 bits per heavy atom. The lowest BCUT2D eigenvalue weighted by molar-refractivity contribution is -0.145. The smallest absolute Gasteiger partial charge is 0.328 e. The molecule has 0 heterocycles. The first kappa shape index (κ1) is 30.4. The third-order valence-corrected chi connectivity index (χ3v) is 5.28. The molecule has 0 radical (unpaired) electrons. The standard InChI is InChI=1S/C23H46N2O3.ClH/c1-3-4-5-6-7-8-9-10-11-12-13-14-15-19-22(26)25-21(23(27)28-2)18-16-17-20-24;/h21H,3-20,24H2,1-2H3,(H,25,26);1H/t21-;/m0./s1. The molecule has 0 aliphatic carbocycles. The van der Waals surface area contributed by atoms with Crippen LogP contribution in [-0.4, -0.2) is 31.6 Å². The van der Waals surface area contributed by atoms with Crippen LogP contribution in [0.15, 0.2) is 0 Å². The minimum absolute atomic E-state index is 0. The van der Waals surface area contributed by atoms with Crippen molar-refractivity contribution in [3.63, 3.8) is 0 Å². The molecule has 0 rings (SSSR count). The second kappa shape index (κ2) is 23.5. The molecule has 0 fully saturated rings. The molecule has 0 aliphatic rings. The van der Waals surface area contributed by atoms with Gasteiger partial charge in [-0.25, -0.2) is 4.79 Å². The van der Waals surface area contributed by atoms with E-state index in [2.05, 4.69) is 12.2 Å². The van der Waals surface area contributed by atoms with Gasteiger partial charge in [-0.3, -0.25) is 4.79 Å². The average molecular weight is 435 g/mol. The highest BCUT2D eigenvalue weighted by atomic mass is 35.5. The Balaban J connectivity index is 0. The number of esters is 1. The Hall–Kier alpha value is -0.810. The second-order valence-corrected chi connectivity index (χ2v) is 7.92. The molecule has 3 N–H and O–H groups in total. The van der Waals surface area contributed by atoms with Gasteiger partial charge in [-0.05, 0) is 32.2 Å². The van der Waals surface area contributed by atoms with E-state index in [0.717, 1.165) is 25.7 Å². The van der Waals surface area contributed by atoms with Crippen molar-refractivity contribution < 1.29 is 14.3 Å². The van der Waals surface area contributed by atoms with Crippen LogP contribution in [0, 0.1) is 0 Å². The first-order valence-corrected chi connectivity index (χ1v) is 11.7. The fraction of sp³-hybridized carbons (Fsp3) is 0.913. The zero-order chi connectivity index (χ0) is 20.9. The molecule has 0 aliphatic heterocycles. The van der Waals surface area contributed by atoms with E-state index in [0.29, 0.717) is 19.4 Å². The molecule has 0 aromatic heterocycles. The molecule has 0 unspecified atom stereocenters. The van der Waals surface area contributed by atoms with E-state index in [1.807, 2.05) is 0 Å². The summed E-state index contributed by atoms with van der Waals surface area (Å²) < 4.78 is 4.78. The predicted molar refractivity (Wildman–Crippen MR) is 124 cm³/mol. The van der Waals surface area contributed by atoms with Crippen molar-refractivity contribution in [2.75, 3.05) is 13.7 Å². The van der Waals surface area contributed by atoms with Crippen molar-refractivity contribution in [1.29, 1.82) is 0 Å². The van der Waals surface area contributed by atoms with Gasteiger partial charge in [0.15, 0.2) is 0 Å². The first-order chi connectivity index (χ1) is 13.7. The van der Waals surface area contributed by atoms with Crippen LogP contribution in [0.1, 0.15) is 116 Å². The van der Waals surface area contributed by atoms with E-state index in [9.17, 15) is 9.59 Å². The number of carbonyl (C=O) groups excluding carboxylic acids is 2. The lowest BCUT2D eigenvalue weighted by atomic mass is 10.0. The fourth-order valence-corrected chi connectivity index (χ4v) is 3.45. The molecule has 1 atom stereocenters. The number of amides is 1. The molecule has 0 bridgehead atoms. The maximum atomic E-state index is 12.1. The second-order valence-electron chi connectivity index (χ2n) is 7.92. The van der Waals surface area contributed by atoms with E-state index >= 15 is 0 Å². The lowest BCUT2D eigenvalue weighted by Crippen LogP contribution is -2.41. The summed E-state index contributed by atoms with van der Waals surface area (Å²) >= 11 is 0. The summed E-state index contributed by atoms with van der Waals surface area (Å²) in [5, 5.41) is 2.82. The highest BCUT2D eigenvalue weighted by Crippen LogP contribution is 2.13. The number of hydrogen-bond acceptors (Lipinski definition) is 4. The minimum atomic E-state index is -0.536. The summed E-state index contributed by atoms with van der Waals surface area (Å²) in [4.78, 5) is 23.8. The molecule has 0 spiro atoms. The zero-order valence-corrected chi connectivity index (χ0v) is 19.8. The van der Waals surface area contributed by atoms with Gasteiger partial charge in [-0.1, -0.05) is 84.0 Å². The van der Waals surface area contributed by atoms with Crippen LogP contribution in [0.4, 0.5) is 0 Å². The van der Waals surface area contributed by atoms with Crippen LogP contribution in [0.25, 0.3) is 0 Å². The maximum Gasteiger partial charge on any atom is 0.328 e. The number of carbonyl (C=O) groups is 2. The highest BCUT2D eigenvalue weighted by Gasteiger charge is 2.20. The van der Waals surface area contributed by atoms with E-state index < -0.39 is 6.04 Å². The quantitative estimate of drug-likeness (QED) is 0.191. The molecular formula is C23H47ClN2O3. The van der Waals surface area contributed by atoms with Crippen molar-refractivity contribution in [3.05, 3.63) is 0 Å². The largest absolute Gasteiger partial charge is 0.467 e. The Kier molecular flexibility index (Phi) is 24.6. The minimum Gasteiger partial charge on any atom is -0.467 e. The summed E-state index contributed by atoms with van der Waals surface area (Å²) in [6.45, 7) is 2.86. The topological polar surface area (TPSA) is 81.4 Å². The maximum absolute atomic E-state index is 12.1. The highest BCUT2D eigenvalue weighted by molar-refractivity contribution is 5.85. The molecule has 0 aromatic carbocycles. The van der Waals surface area contributed by atoms with E-state index in [-0.39, 0.29) is 24.3 Å². The van der Waals surface area contributed by atoms with Gasteiger partial charge in [-0.15, -0.1) is 12.4 Å². The summed E-state index contributed by atoms with van der Waals surface area (Å²) in [6, 6.07) is -0.536. The van der Waals surface area contributed by atoms with E-state index in [1.54, 1.807) is 0 Å². The van der Waals surface area contributed by atoms with Crippen molar-refractivity contribution >= 4 is 24.3 Å². The molecule has 0 saturated heterocycles. The van der Waals surface area contributed by atoms with Gasteiger partial charge in [-0.2, -0.15) is 0 Å². The number of nitrogens with two attached hydrogens (primary N) is 1. The van der Waals surface area contributed by atoms with Gasteiger partial charge in [0.25, 0.3) is 0 Å². The predicted octanol–water partition coefficient (Wildman–Crippen LogP) is 5.68. The average Bonchev–Trinajstić information content (AvgIpc) is 2.70. The normalized spacial score (nSPS) is 11.6. The lowest BCUT2D eigenvalue weighted by Gasteiger charge is -2.16. The summed E-state index contributed by atoms with van der Waals surface area (Å²) in [7, 11) is 1.36. The van der Waals surface area contributed by atoms with Crippen molar-refractivity contribution in [1.82, 2.24) is 5.32 Å². The van der Waals surface area contributed by atoms with Gasteiger partial charge in [0.1, 0.15) is 6.04 Å². The Morgan fingerprint density at radius 2 is 1.28 bits per heavy atom. The molecule has 6 heteroatoms. The number of rotatable bonds is 20. The Bertz CT molecular complexity index is 381. The summed E-state index contributed by atoms with van der Waals surface area (Å²) in [5.74, 6) is -0.415. The van der Waals surface area contributed by atoms with Crippen molar-refractivity contribution in [2.45, 2.75) is 122 Å². The number of methoxy groups -OCH3 is 1. The third kappa shape index (κ3) is 20.2. The summed E-state index contributed by atoms with van der Waals surface area (Å²) in [6.07, 6.45) is 19.5. The van der Waals surface area contributed by atoms with E-state index in [1.165, 1.54) is 77.7 Å². The molecule has 174 valence electrons. The van der Waals surface area contributed by atoms with Crippen LogP contribution >= 0.6 is 12.4 Å². The van der Waals surface area contributed by atoms with Crippen LogP contribution in [0.3, 0.4) is 0 Å². The van der Waals surface area contributed by atoms with Gasteiger partial charge in [0.05, 0.1) is 7.11 Å². The van der Waals surface area contributed by atoms with E-state index in [4.69, 9.17) is 10.5 Å². The number of halogens is 1. The SMILES string of the molecule is CCCCCCCCCCCCCCCC(=O)N[C@@H](CCCCN)C(=O)OC.Cl. The van der Waals surface area contributed by atoms with Gasteiger partial charge >= 0.3 is 5.97 Å². The van der Waals surface area contributed by atoms with Crippen molar-refractivity contribution in [3.8, 4) is 0 Å².